The maximum Gasteiger partial charge on any atom is 0.278 e. The molecule has 0 unspecified atom stereocenters. The van der Waals surface area contributed by atoms with Crippen LogP contribution in [0.5, 0.6) is 11.5 Å². The smallest absolute Gasteiger partial charge is 0.278 e. The number of non-ortho nitro benzene ring substituents is 1. The molecule has 0 radical (unpaired) electrons. The van der Waals surface area contributed by atoms with Gasteiger partial charge < -0.3 is 14.8 Å². The summed E-state index contributed by atoms with van der Waals surface area (Å²) in [6.45, 7) is 3.61. The van der Waals surface area contributed by atoms with Crippen LogP contribution in [0.2, 0.25) is 0 Å². The van der Waals surface area contributed by atoms with Gasteiger partial charge in [0.15, 0.2) is 0 Å². The normalized spacial score (nSPS) is 13.5. The van der Waals surface area contributed by atoms with Gasteiger partial charge in [-0.2, -0.15) is 0 Å². The van der Waals surface area contributed by atoms with E-state index in [1.165, 1.54) is 44.6 Å². The van der Waals surface area contributed by atoms with Crippen molar-refractivity contribution in [1.29, 1.82) is 0 Å². The lowest BCUT2D eigenvalue weighted by atomic mass is 10.0. The molecule has 0 atom stereocenters. The molecule has 0 fully saturated rings. The SMILES string of the molecule is C=CCN1C(=O)C(Nc2cc(OC)ccc2OC)=C(c2ccc([N+](=O)[O-])cc2)C1=O. The van der Waals surface area contributed by atoms with Crippen molar-refractivity contribution in [2.75, 3.05) is 26.1 Å². The number of amides is 2. The van der Waals surface area contributed by atoms with Crippen LogP contribution in [-0.4, -0.2) is 42.4 Å². The van der Waals surface area contributed by atoms with E-state index in [9.17, 15) is 19.7 Å². The molecular weight excluding hydrogens is 390 g/mol. The highest BCUT2D eigenvalue weighted by Crippen LogP contribution is 2.35. The largest absolute Gasteiger partial charge is 0.497 e. The van der Waals surface area contributed by atoms with Crippen LogP contribution in [-0.2, 0) is 9.59 Å². The number of rotatable bonds is 8. The maximum atomic E-state index is 13.0. The molecule has 0 saturated heterocycles. The number of hydrogen-bond donors (Lipinski definition) is 1. The predicted octanol–water partition coefficient (Wildman–Crippen LogP) is 2.99. The van der Waals surface area contributed by atoms with Crippen molar-refractivity contribution in [3.8, 4) is 11.5 Å². The molecule has 0 saturated carbocycles. The molecule has 0 aromatic heterocycles. The lowest BCUT2D eigenvalue weighted by Crippen LogP contribution is -2.32. The lowest BCUT2D eigenvalue weighted by molar-refractivity contribution is -0.384. The van der Waals surface area contributed by atoms with Gasteiger partial charge in [-0.05, 0) is 29.8 Å². The van der Waals surface area contributed by atoms with Crippen molar-refractivity contribution >= 4 is 28.8 Å². The third-order valence-electron chi connectivity index (χ3n) is 4.51. The van der Waals surface area contributed by atoms with Crippen molar-refractivity contribution in [3.05, 3.63) is 76.5 Å². The summed E-state index contributed by atoms with van der Waals surface area (Å²) in [5.74, 6) is -0.111. The number of carbonyl (C=O) groups is 2. The number of nitrogens with one attached hydrogen (secondary N) is 1. The van der Waals surface area contributed by atoms with Gasteiger partial charge in [-0.25, -0.2) is 0 Å². The van der Waals surface area contributed by atoms with Gasteiger partial charge in [-0.3, -0.25) is 24.6 Å². The van der Waals surface area contributed by atoms with Gasteiger partial charge >= 0.3 is 0 Å². The summed E-state index contributed by atoms with van der Waals surface area (Å²) < 4.78 is 10.6. The molecule has 2 amide bonds. The number of nitrogens with zero attached hydrogens (tertiary/aromatic N) is 2. The summed E-state index contributed by atoms with van der Waals surface area (Å²) in [6, 6.07) is 10.4. The first-order valence-electron chi connectivity index (χ1n) is 8.86. The third kappa shape index (κ3) is 3.72. The van der Waals surface area contributed by atoms with Gasteiger partial charge in [0.05, 0.1) is 30.4 Å². The summed E-state index contributed by atoms with van der Waals surface area (Å²) in [4.78, 5) is 37.4. The van der Waals surface area contributed by atoms with Gasteiger partial charge in [0.1, 0.15) is 17.2 Å². The molecule has 30 heavy (non-hydrogen) atoms. The van der Waals surface area contributed by atoms with Crippen LogP contribution in [0.25, 0.3) is 5.57 Å². The van der Waals surface area contributed by atoms with Crippen LogP contribution in [0, 0.1) is 10.1 Å². The first-order chi connectivity index (χ1) is 14.4. The summed E-state index contributed by atoms with van der Waals surface area (Å²) >= 11 is 0. The molecule has 0 spiro atoms. The van der Waals surface area contributed by atoms with E-state index in [0.29, 0.717) is 22.7 Å². The van der Waals surface area contributed by atoms with Crippen molar-refractivity contribution < 1.29 is 24.0 Å². The number of nitro groups is 1. The van der Waals surface area contributed by atoms with E-state index in [4.69, 9.17) is 9.47 Å². The number of imide groups is 1. The highest BCUT2D eigenvalue weighted by Gasteiger charge is 2.39. The Morgan fingerprint density at radius 3 is 2.37 bits per heavy atom. The van der Waals surface area contributed by atoms with Gasteiger partial charge in [-0.1, -0.05) is 6.08 Å². The minimum atomic E-state index is -0.543. The molecule has 9 nitrogen and oxygen atoms in total. The average molecular weight is 409 g/mol. The predicted molar refractivity (Wildman–Crippen MR) is 110 cm³/mol. The maximum absolute atomic E-state index is 13.0. The van der Waals surface area contributed by atoms with E-state index in [1.54, 1.807) is 18.2 Å². The quantitative estimate of drug-likeness (QED) is 0.309. The fourth-order valence-electron chi connectivity index (χ4n) is 3.05. The highest BCUT2D eigenvalue weighted by atomic mass is 16.6. The lowest BCUT2D eigenvalue weighted by Gasteiger charge is -2.14. The topological polar surface area (TPSA) is 111 Å². The first kappa shape index (κ1) is 20.6. The minimum absolute atomic E-state index is 0.0224. The van der Waals surface area contributed by atoms with Crippen LogP contribution in [0.1, 0.15) is 5.56 Å². The fourth-order valence-corrected chi connectivity index (χ4v) is 3.05. The second-order valence-corrected chi connectivity index (χ2v) is 6.25. The Labute approximate surface area is 172 Å². The van der Waals surface area contributed by atoms with E-state index in [1.807, 2.05) is 0 Å². The Morgan fingerprint density at radius 2 is 1.80 bits per heavy atom. The Balaban J connectivity index is 2.12. The number of ether oxygens (including phenoxy) is 2. The van der Waals surface area contributed by atoms with Crippen LogP contribution in [0.4, 0.5) is 11.4 Å². The van der Waals surface area contributed by atoms with Crippen LogP contribution in [0.15, 0.2) is 60.8 Å². The highest BCUT2D eigenvalue weighted by molar-refractivity contribution is 6.36. The number of anilines is 1. The van der Waals surface area contributed by atoms with Gasteiger partial charge in [0, 0.05) is 24.7 Å². The molecule has 3 rings (SSSR count). The average Bonchev–Trinajstić information content (AvgIpc) is 2.98. The Kier molecular flexibility index (Phi) is 5.82. The van der Waals surface area contributed by atoms with E-state index in [0.717, 1.165) is 4.90 Å². The molecule has 1 N–H and O–H groups in total. The molecule has 154 valence electrons. The van der Waals surface area contributed by atoms with Gasteiger partial charge in [0.25, 0.3) is 17.5 Å². The van der Waals surface area contributed by atoms with Crippen molar-refractivity contribution in [3.63, 3.8) is 0 Å². The number of benzene rings is 2. The van der Waals surface area contributed by atoms with Gasteiger partial charge in [-0.15, -0.1) is 6.58 Å². The zero-order valence-corrected chi connectivity index (χ0v) is 16.4. The van der Waals surface area contributed by atoms with Crippen LogP contribution in [0.3, 0.4) is 0 Å². The summed E-state index contributed by atoms with van der Waals surface area (Å²) in [6.07, 6.45) is 1.44. The first-order valence-corrected chi connectivity index (χ1v) is 8.86. The molecule has 0 bridgehead atoms. The Morgan fingerprint density at radius 1 is 1.10 bits per heavy atom. The number of methoxy groups -OCH3 is 2. The number of nitro benzene ring substituents is 1. The Bertz CT molecular complexity index is 1060. The van der Waals surface area contributed by atoms with Crippen molar-refractivity contribution in [2.45, 2.75) is 0 Å². The summed E-state index contributed by atoms with van der Waals surface area (Å²) in [7, 11) is 2.98. The summed E-state index contributed by atoms with van der Waals surface area (Å²) in [5.41, 5.74) is 0.801. The van der Waals surface area contributed by atoms with Crippen molar-refractivity contribution in [1.82, 2.24) is 4.90 Å². The molecule has 1 aliphatic rings. The fraction of sp³-hybridized carbons (Fsp3) is 0.143. The van der Waals surface area contributed by atoms with E-state index in [-0.39, 0.29) is 23.5 Å². The third-order valence-corrected chi connectivity index (χ3v) is 4.51. The Hall–Kier alpha value is -4.14. The van der Waals surface area contributed by atoms with Crippen molar-refractivity contribution in [2.24, 2.45) is 0 Å². The number of carbonyl (C=O) groups excluding carboxylic acids is 2. The van der Waals surface area contributed by atoms with E-state index in [2.05, 4.69) is 11.9 Å². The van der Waals surface area contributed by atoms with E-state index >= 15 is 0 Å². The molecular formula is C21H19N3O6. The molecule has 1 heterocycles. The second kappa shape index (κ2) is 8.48. The van der Waals surface area contributed by atoms with E-state index < -0.39 is 16.7 Å². The molecule has 2 aromatic carbocycles. The molecule has 9 heteroatoms. The number of hydrogen-bond acceptors (Lipinski definition) is 7. The molecule has 1 aliphatic heterocycles. The minimum Gasteiger partial charge on any atom is -0.497 e. The van der Waals surface area contributed by atoms with Crippen LogP contribution >= 0.6 is 0 Å². The zero-order chi connectivity index (χ0) is 21.8. The molecule has 0 aliphatic carbocycles. The monoisotopic (exact) mass is 409 g/mol. The van der Waals surface area contributed by atoms with Gasteiger partial charge in [0.2, 0.25) is 0 Å². The summed E-state index contributed by atoms with van der Waals surface area (Å²) in [5, 5.41) is 13.9. The second-order valence-electron chi connectivity index (χ2n) is 6.25. The van der Waals surface area contributed by atoms with Crippen LogP contribution < -0.4 is 14.8 Å². The standard InChI is InChI=1S/C21H19N3O6/c1-4-11-23-20(25)18(13-5-7-14(8-6-13)24(27)28)19(21(23)26)22-16-12-15(29-2)9-10-17(16)30-3/h4-10,12,22H,1,11H2,2-3H3. The molecule has 2 aromatic rings. The zero-order valence-electron chi connectivity index (χ0n) is 16.4.